The number of rotatable bonds is 7. The molecule has 2 nitrogen and oxygen atoms in total. The number of hydrazine groups is 1. The maximum Gasteiger partial charge on any atom is 0.155 e. The van der Waals surface area contributed by atoms with E-state index in [9.17, 15) is 0 Å². The molecule has 66 valence electrons. The van der Waals surface area contributed by atoms with Crippen LogP contribution >= 0.6 is 0 Å². The van der Waals surface area contributed by atoms with Crippen molar-refractivity contribution in [2.24, 2.45) is 0 Å². The van der Waals surface area contributed by atoms with Crippen molar-refractivity contribution in [3.63, 3.8) is 0 Å². The van der Waals surface area contributed by atoms with Gasteiger partial charge in [0.25, 0.3) is 0 Å². The Morgan fingerprint density at radius 3 is 1.82 bits per heavy atom. The number of unbranched alkanes of at least 4 members (excludes halogenated alkanes) is 2. The molecule has 1 N–H and O–H groups in total. The van der Waals surface area contributed by atoms with Crippen LogP contribution in [0.1, 0.15) is 39.5 Å². The van der Waals surface area contributed by atoms with Gasteiger partial charge in [0, 0.05) is 0 Å². The van der Waals surface area contributed by atoms with E-state index in [0.717, 1.165) is 13.1 Å². The van der Waals surface area contributed by atoms with E-state index in [2.05, 4.69) is 30.7 Å². The van der Waals surface area contributed by atoms with Crippen LogP contribution in [0.5, 0.6) is 0 Å². The molecule has 2 heteroatoms. The highest BCUT2D eigenvalue weighted by Crippen LogP contribution is 1.91. The van der Waals surface area contributed by atoms with Gasteiger partial charge in [-0.25, -0.2) is 0 Å². The molecule has 11 heavy (non-hydrogen) atoms. The first-order valence-corrected chi connectivity index (χ1v) is 4.62. The first-order valence-electron chi connectivity index (χ1n) is 4.62. The minimum atomic E-state index is 1.12. The molecular weight excluding hydrogens is 136 g/mol. The summed E-state index contributed by atoms with van der Waals surface area (Å²) in [6, 6.07) is 0. The van der Waals surface area contributed by atoms with Crippen LogP contribution in [-0.2, 0) is 0 Å². The molecule has 0 aromatic carbocycles. The van der Waals surface area contributed by atoms with E-state index in [1.165, 1.54) is 25.7 Å². The molecule has 0 fully saturated rings. The average Bonchev–Trinajstić information content (AvgIpc) is 2.05. The molecule has 0 unspecified atom stereocenters. The van der Waals surface area contributed by atoms with Crippen molar-refractivity contribution in [2.45, 2.75) is 39.5 Å². The van der Waals surface area contributed by atoms with Gasteiger partial charge in [0.2, 0.25) is 0 Å². The maximum atomic E-state index is 3.67. The molecule has 0 spiro atoms. The fraction of sp³-hybridized carbons (Fsp3) is 0.889. The Labute approximate surface area is 70.3 Å². The van der Waals surface area contributed by atoms with Crippen LogP contribution in [0.4, 0.5) is 0 Å². The van der Waals surface area contributed by atoms with Gasteiger partial charge in [-0.05, 0) is 12.8 Å². The summed E-state index contributed by atoms with van der Waals surface area (Å²) in [6.45, 7) is 10.3. The van der Waals surface area contributed by atoms with Gasteiger partial charge in [-0.3, -0.25) is 0 Å². The molecule has 0 saturated heterocycles. The van der Waals surface area contributed by atoms with Gasteiger partial charge in [0.1, 0.15) is 0 Å². The topological polar surface area (TPSA) is 17.2 Å². The Kier molecular flexibility index (Phi) is 7.21. The standard InChI is InChI=1S/C9H20N2/c1-4-6-8-11(10-3)9-7-5-2/h3-9H2,1-2H3/p+1. The van der Waals surface area contributed by atoms with Crippen molar-refractivity contribution in [3.05, 3.63) is 0 Å². The molecule has 0 bridgehead atoms. The van der Waals surface area contributed by atoms with E-state index in [-0.39, 0.29) is 0 Å². The van der Waals surface area contributed by atoms with Crippen LogP contribution in [0.25, 0.3) is 0 Å². The second-order valence-electron chi connectivity index (χ2n) is 2.85. The summed E-state index contributed by atoms with van der Waals surface area (Å²) in [5.41, 5.74) is 0. The molecule has 0 aromatic heterocycles. The molecule has 0 atom stereocenters. The lowest BCUT2D eigenvalue weighted by Crippen LogP contribution is -2.79. The molecule has 0 saturated carbocycles. The summed E-state index contributed by atoms with van der Waals surface area (Å²) in [7, 11) is 0. The van der Waals surface area contributed by atoms with E-state index in [1.807, 2.05) is 0 Å². The van der Waals surface area contributed by atoms with Gasteiger partial charge in [-0.15, -0.1) is 5.10 Å². The van der Waals surface area contributed by atoms with Gasteiger partial charge < -0.3 is 0 Å². The lowest BCUT2D eigenvalue weighted by Gasteiger charge is -2.11. The maximum absolute atomic E-state index is 3.67. The Morgan fingerprint density at radius 2 is 1.55 bits per heavy atom. The zero-order chi connectivity index (χ0) is 8.53. The molecule has 0 rings (SSSR count). The molecule has 0 aliphatic carbocycles. The molecule has 0 aliphatic heterocycles. The van der Waals surface area contributed by atoms with Crippen molar-refractivity contribution in [3.8, 4) is 0 Å². The number of hydrazone groups is 1. The highest BCUT2D eigenvalue weighted by atomic mass is 15.4. The molecule has 0 aliphatic rings. The Hall–Kier alpha value is -0.530. The van der Waals surface area contributed by atoms with E-state index >= 15 is 0 Å². The van der Waals surface area contributed by atoms with Gasteiger partial charge >= 0.3 is 0 Å². The molecular formula is C9H21N2+. The van der Waals surface area contributed by atoms with Gasteiger partial charge in [0.15, 0.2) is 6.72 Å². The third-order valence-electron chi connectivity index (χ3n) is 1.79. The largest absolute Gasteiger partial charge is 0.189 e. The first-order chi connectivity index (χ1) is 5.35. The summed E-state index contributed by atoms with van der Waals surface area (Å²) in [4.78, 5) is 0. The number of nitrogens with one attached hydrogen (secondary N) is 1. The van der Waals surface area contributed by atoms with Crippen LogP contribution in [0.15, 0.2) is 0 Å². The Balaban J connectivity index is 3.33. The predicted octanol–water partition coefficient (Wildman–Crippen LogP) is 0.585. The Morgan fingerprint density at radius 1 is 1.09 bits per heavy atom. The van der Waals surface area contributed by atoms with Crippen LogP contribution in [0.3, 0.4) is 0 Å². The van der Waals surface area contributed by atoms with E-state index in [1.54, 1.807) is 0 Å². The first kappa shape index (κ1) is 10.5. The molecule has 0 heterocycles. The lowest BCUT2D eigenvalue weighted by atomic mass is 10.3. The quantitative estimate of drug-likeness (QED) is 0.423. The van der Waals surface area contributed by atoms with Gasteiger partial charge in [0.05, 0.1) is 13.1 Å². The molecule has 0 amide bonds. The summed E-state index contributed by atoms with van der Waals surface area (Å²) in [5.74, 6) is 0. The molecule has 0 aromatic rings. The van der Waals surface area contributed by atoms with Gasteiger partial charge in [-0.1, -0.05) is 26.7 Å². The third-order valence-corrected chi connectivity index (χ3v) is 1.79. The fourth-order valence-electron chi connectivity index (χ4n) is 0.968. The zero-order valence-electron chi connectivity index (χ0n) is 7.90. The highest BCUT2D eigenvalue weighted by molar-refractivity contribution is 5.11. The van der Waals surface area contributed by atoms with E-state index in [0.29, 0.717) is 0 Å². The number of hydrogen-bond acceptors (Lipinski definition) is 1. The summed E-state index contributed by atoms with van der Waals surface area (Å²) in [5, 5.41) is 5.14. The minimum Gasteiger partial charge on any atom is -0.189 e. The van der Waals surface area contributed by atoms with Crippen LogP contribution < -0.4 is 5.10 Å². The summed E-state index contributed by atoms with van der Waals surface area (Å²) >= 11 is 0. The van der Waals surface area contributed by atoms with Crippen molar-refractivity contribution < 1.29 is 5.10 Å². The summed E-state index contributed by atoms with van der Waals surface area (Å²) in [6.07, 6.45) is 5.02. The second-order valence-corrected chi connectivity index (χ2v) is 2.85. The van der Waals surface area contributed by atoms with Crippen molar-refractivity contribution in [1.29, 1.82) is 0 Å². The number of hydrogen-bond donors (Lipinski definition) is 1. The smallest absolute Gasteiger partial charge is 0.155 e. The van der Waals surface area contributed by atoms with Crippen molar-refractivity contribution >= 4 is 6.72 Å². The van der Waals surface area contributed by atoms with Crippen LogP contribution in [0.2, 0.25) is 0 Å². The van der Waals surface area contributed by atoms with Crippen molar-refractivity contribution in [1.82, 2.24) is 5.01 Å². The van der Waals surface area contributed by atoms with Crippen molar-refractivity contribution in [2.75, 3.05) is 13.1 Å². The van der Waals surface area contributed by atoms with Gasteiger partial charge in [-0.2, -0.15) is 5.01 Å². The second kappa shape index (κ2) is 7.58. The average molecular weight is 157 g/mol. The zero-order valence-corrected chi connectivity index (χ0v) is 7.90. The van der Waals surface area contributed by atoms with Crippen LogP contribution in [-0.4, -0.2) is 24.8 Å². The SMILES string of the molecule is C=[NH+]N(CCCC)CCCC. The normalized spacial score (nSPS) is 9.64. The third kappa shape index (κ3) is 5.89. The van der Waals surface area contributed by atoms with E-state index in [4.69, 9.17) is 0 Å². The Bertz CT molecular complexity index is 83.6. The van der Waals surface area contributed by atoms with E-state index < -0.39 is 0 Å². The number of nitrogens with zero attached hydrogens (tertiary/aromatic N) is 1. The highest BCUT2D eigenvalue weighted by Gasteiger charge is 2.01. The summed E-state index contributed by atoms with van der Waals surface area (Å²) < 4.78 is 0. The molecule has 0 radical (unpaired) electrons. The lowest BCUT2D eigenvalue weighted by molar-refractivity contribution is -0.638. The monoisotopic (exact) mass is 157 g/mol. The minimum absolute atomic E-state index is 1.12. The predicted molar refractivity (Wildman–Crippen MR) is 49.5 cm³/mol. The fourth-order valence-corrected chi connectivity index (χ4v) is 0.968. The van der Waals surface area contributed by atoms with Crippen LogP contribution in [0, 0.1) is 0 Å².